The van der Waals surface area contributed by atoms with E-state index in [2.05, 4.69) is 23.5 Å². The van der Waals surface area contributed by atoms with E-state index in [4.69, 9.17) is 4.74 Å². The van der Waals surface area contributed by atoms with Crippen molar-refractivity contribution < 1.29 is 15.7 Å². The van der Waals surface area contributed by atoms with Crippen LogP contribution in [0.5, 0.6) is 0 Å². The van der Waals surface area contributed by atoms with E-state index in [1.807, 2.05) is 48.5 Å². The van der Waals surface area contributed by atoms with Gasteiger partial charge < -0.3 is 15.0 Å². The third kappa shape index (κ3) is 6.16. The fourth-order valence-corrected chi connectivity index (χ4v) is 5.39. The van der Waals surface area contributed by atoms with E-state index in [0.29, 0.717) is 5.69 Å². The summed E-state index contributed by atoms with van der Waals surface area (Å²) in [5, 5.41) is 3.46. The number of ether oxygens (including phenoxy) is 1. The highest BCUT2D eigenvalue weighted by molar-refractivity contribution is 5.95. The molecule has 0 saturated heterocycles. The van der Waals surface area contributed by atoms with E-state index < -0.39 is 12.5 Å². The fraction of sp³-hybridized carbons (Fsp3) is 0.333. The number of nitrogens with zero attached hydrogens (tertiary/aromatic N) is 1. The van der Waals surface area contributed by atoms with Crippen molar-refractivity contribution in [1.29, 1.82) is 0 Å². The fourth-order valence-electron chi connectivity index (χ4n) is 5.39. The van der Waals surface area contributed by atoms with Gasteiger partial charge in [-0.2, -0.15) is 0 Å². The molecule has 1 atom stereocenters. The number of benzene rings is 3. The number of anilines is 2. The number of nitrogens with one attached hydrogen (secondary N) is 1. The Bertz CT molecular complexity index is 1350. The Balaban J connectivity index is 1.44. The van der Waals surface area contributed by atoms with Crippen LogP contribution in [0.4, 0.5) is 11.4 Å². The van der Waals surface area contributed by atoms with Gasteiger partial charge in [-0.25, -0.2) is 4.79 Å². The molecule has 0 spiro atoms. The molecular weight excluding hydrogens is 472 g/mol. The van der Waals surface area contributed by atoms with E-state index in [0.717, 1.165) is 73.7 Å². The summed E-state index contributed by atoms with van der Waals surface area (Å²) >= 11 is 0. The molecule has 2 aliphatic rings. The molecule has 1 heterocycles. The first kappa shape index (κ1) is 24.5. The SMILES string of the molecule is [2H]C(c1ccc(-c2ccc3c(c2)CCCN3)cc1)N(C(=O)C1CCCCC1)c1cccc(/C=C/C(=O)OC)c1. The van der Waals surface area contributed by atoms with Crippen LogP contribution in [0.2, 0.25) is 0 Å². The Hall–Kier alpha value is -3.86. The number of fused-ring (bicyclic) bond motifs is 1. The van der Waals surface area contributed by atoms with Crippen molar-refractivity contribution in [2.45, 2.75) is 51.5 Å². The van der Waals surface area contributed by atoms with Gasteiger partial charge in [-0.3, -0.25) is 4.79 Å². The number of rotatable bonds is 7. The van der Waals surface area contributed by atoms with E-state index in [1.165, 1.54) is 24.4 Å². The van der Waals surface area contributed by atoms with Gasteiger partial charge in [-0.15, -0.1) is 0 Å². The molecule has 0 bridgehead atoms. The minimum atomic E-state index is -0.888. The largest absolute Gasteiger partial charge is 0.466 e. The lowest BCUT2D eigenvalue weighted by Gasteiger charge is -2.30. The molecular formula is C33H36N2O3. The van der Waals surface area contributed by atoms with Crippen LogP contribution >= 0.6 is 0 Å². The Labute approximate surface area is 226 Å². The molecule has 0 aromatic heterocycles. The number of aryl methyl sites for hydroxylation is 1. The van der Waals surface area contributed by atoms with Crippen molar-refractivity contribution in [3.05, 3.63) is 89.5 Å². The van der Waals surface area contributed by atoms with Crippen LogP contribution in [-0.2, 0) is 27.3 Å². The minimum Gasteiger partial charge on any atom is -0.466 e. The van der Waals surface area contributed by atoms with Gasteiger partial charge in [0.1, 0.15) is 0 Å². The lowest BCUT2D eigenvalue weighted by atomic mass is 9.88. The zero-order valence-corrected chi connectivity index (χ0v) is 22.0. The van der Waals surface area contributed by atoms with Crippen LogP contribution in [0.1, 0.15) is 56.6 Å². The van der Waals surface area contributed by atoms with Crippen molar-refractivity contribution in [3.8, 4) is 11.1 Å². The average Bonchev–Trinajstić information content (AvgIpc) is 3.00. The minimum absolute atomic E-state index is 0.00457. The van der Waals surface area contributed by atoms with Crippen molar-refractivity contribution in [2.24, 2.45) is 5.92 Å². The van der Waals surface area contributed by atoms with E-state index in [1.54, 1.807) is 11.0 Å². The highest BCUT2D eigenvalue weighted by Crippen LogP contribution is 2.31. The quantitative estimate of drug-likeness (QED) is 0.275. The Morgan fingerprint density at radius 3 is 2.58 bits per heavy atom. The van der Waals surface area contributed by atoms with Crippen molar-refractivity contribution in [1.82, 2.24) is 0 Å². The highest BCUT2D eigenvalue weighted by atomic mass is 16.5. The predicted octanol–water partition coefficient (Wildman–Crippen LogP) is 7.01. The molecule has 5 heteroatoms. The summed E-state index contributed by atoms with van der Waals surface area (Å²) in [5.74, 6) is -0.525. The zero-order chi connectivity index (χ0) is 27.2. The molecule has 3 aromatic carbocycles. The molecule has 1 fully saturated rings. The predicted molar refractivity (Wildman–Crippen MR) is 154 cm³/mol. The van der Waals surface area contributed by atoms with Crippen molar-refractivity contribution >= 4 is 29.3 Å². The van der Waals surface area contributed by atoms with Crippen molar-refractivity contribution in [2.75, 3.05) is 23.9 Å². The molecule has 1 aliphatic carbocycles. The standard InChI is InChI=1S/C33H36N2O3/c1-38-32(36)19-14-24-7-5-11-30(21-24)35(33(37)27-8-3-2-4-9-27)23-25-12-15-26(16-13-25)28-17-18-31-29(22-28)10-6-20-34-31/h5,7,11-19,21-22,27,34H,2-4,6,8-10,20,23H2,1H3/b19-14+/i23D. The summed E-state index contributed by atoms with van der Waals surface area (Å²) in [4.78, 5) is 27.1. The summed E-state index contributed by atoms with van der Waals surface area (Å²) < 4.78 is 13.9. The molecule has 38 heavy (non-hydrogen) atoms. The highest BCUT2D eigenvalue weighted by Gasteiger charge is 2.27. The van der Waals surface area contributed by atoms with Gasteiger partial charge >= 0.3 is 5.97 Å². The average molecular weight is 510 g/mol. The number of carbonyl (C=O) groups is 2. The van der Waals surface area contributed by atoms with E-state index in [-0.39, 0.29) is 11.8 Å². The molecule has 5 nitrogen and oxygen atoms in total. The lowest BCUT2D eigenvalue weighted by Crippen LogP contribution is -2.36. The number of carbonyl (C=O) groups excluding carboxylic acids is 2. The normalized spacial score (nSPS) is 16.7. The molecule has 1 saturated carbocycles. The molecule has 0 radical (unpaired) electrons. The maximum Gasteiger partial charge on any atom is 0.330 e. The number of methoxy groups -OCH3 is 1. The van der Waals surface area contributed by atoms with Gasteiger partial charge in [0.2, 0.25) is 5.91 Å². The summed E-state index contributed by atoms with van der Waals surface area (Å²) in [6.07, 6.45) is 10.2. The second-order valence-corrected chi connectivity index (χ2v) is 10.1. The number of hydrogen-bond acceptors (Lipinski definition) is 4. The van der Waals surface area contributed by atoms with Crippen molar-refractivity contribution in [3.63, 3.8) is 0 Å². The molecule has 5 rings (SSSR count). The van der Waals surface area contributed by atoms with E-state index >= 15 is 0 Å². The maximum atomic E-state index is 13.9. The summed E-state index contributed by atoms with van der Waals surface area (Å²) in [5.41, 5.74) is 7.00. The second-order valence-electron chi connectivity index (χ2n) is 10.1. The zero-order valence-electron chi connectivity index (χ0n) is 23.0. The monoisotopic (exact) mass is 509 g/mol. The van der Waals surface area contributed by atoms with Crippen LogP contribution in [0.15, 0.2) is 72.8 Å². The first-order chi connectivity index (χ1) is 19.0. The number of amides is 1. The molecule has 1 unspecified atom stereocenters. The van der Waals surface area contributed by atoms with Crippen LogP contribution in [0.25, 0.3) is 17.2 Å². The molecule has 1 aliphatic heterocycles. The molecule has 196 valence electrons. The first-order valence-corrected chi connectivity index (χ1v) is 13.6. The first-order valence-electron chi connectivity index (χ1n) is 14.2. The third-order valence-corrected chi connectivity index (χ3v) is 7.52. The third-order valence-electron chi connectivity index (χ3n) is 7.52. The summed E-state index contributed by atoms with van der Waals surface area (Å²) in [6.45, 7) is 0.132. The number of hydrogen-bond donors (Lipinski definition) is 1. The number of esters is 1. The van der Waals surface area contributed by atoms with Gasteiger partial charge in [0.15, 0.2) is 0 Å². The lowest BCUT2D eigenvalue weighted by molar-refractivity contribution is -0.134. The molecule has 3 aromatic rings. The Morgan fingerprint density at radius 1 is 1.00 bits per heavy atom. The Kier molecular flexibility index (Phi) is 7.81. The van der Waals surface area contributed by atoms with Crippen LogP contribution in [0, 0.1) is 5.92 Å². The summed E-state index contributed by atoms with van der Waals surface area (Å²) in [6, 6.07) is 22.0. The van der Waals surface area contributed by atoms with Gasteiger partial charge in [-0.05, 0) is 83.8 Å². The maximum absolute atomic E-state index is 13.9. The summed E-state index contributed by atoms with van der Waals surface area (Å²) in [7, 11) is 1.34. The van der Waals surface area contributed by atoms with E-state index in [9.17, 15) is 11.0 Å². The van der Waals surface area contributed by atoms with Gasteiger partial charge in [0.05, 0.1) is 15.0 Å². The second kappa shape index (κ2) is 12.1. The van der Waals surface area contributed by atoms with Gasteiger partial charge in [0.25, 0.3) is 0 Å². The van der Waals surface area contributed by atoms with Crippen LogP contribution in [-0.4, -0.2) is 25.5 Å². The van der Waals surface area contributed by atoms with Crippen LogP contribution in [0.3, 0.4) is 0 Å². The molecule has 1 N–H and O–H groups in total. The molecule has 1 amide bonds. The smallest absolute Gasteiger partial charge is 0.330 e. The topological polar surface area (TPSA) is 58.6 Å². The van der Waals surface area contributed by atoms with Crippen LogP contribution < -0.4 is 10.2 Å². The Morgan fingerprint density at radius 2 is 1.79 bits per heavy atom. The van der Waals surface area contributed by atoms with Gasteiger partial charge in [-0.1, -0.05) is 61.7 Å². The van der Waals surface area contributed by atoms with Gasteiger partial charge in [0, 0.05) is 29.9 Å².